The first-order valence-corrected chi connectivity index (χ1v) is 10.7. The summed E-state index contributed by atoms with van der Waals surface area (Å²) < 4.78 is 21.7. The summed E-state index contributed by atoms with van der Waals surface area (Å²) in [6.07, 6.45) is 4.20. The van der Waals surface area contributed by atoms with Crippen molar-refractivity contribution < 1.29 is 28.5 Å². The fraction of sp³-hybridized carbons (Fsp3) is 0.583. The van der Waals surface area contributed by atoms with Crippen molar-refractivity contribution >= 4 is 11.9 Å². The maximum atomic E-state index is 12.5. The molecular formula is C24H30O6. The second kappa shape index (κ2) is 8.52. The Bertz CT molecular complexity index is 794. The molecule has 1 aliphatic carbocycles. The van der Waals surface area contributed by atoms with Crippen molar-refractivity contribution in [3.63, 3.8) is 0 Å². The van der Waals surface area contributed by atoms with E-state index < -0.39 is 5.97 Å². The van der Waals surface area contributed by atoms with Crippen LogP contribution in [-0.4, -0.2) is 51.6 Å². The molecule has 162 valence electrons. The molecule has 0 aromatic heterocycles. The van der Waals surface area contributed by atoms with Crippen molar-refractivity contribution in [2.45, 2.75) is 32.6 Å². The summed E-state index contributed by atoms with van der Waals surface area (Å²) in [4.78, 5) is 24.8. The van der Waals surface area contributed by atoms with Crippen molar-refractivity contribution in [2.24, 2.45) is 16.7 Å². The summed E-state index contributed by atoms with van der Waals surface area (Å²) in [5.41, 5.74) is 1.89. The highest BCUT2D eigenvalue weighted by molar-refractivity contribution is 5.93. The smallest absolute Gasteiger partial charge is 0.338 e. The standard InChI is InChI=1S/C24H30O6/c1-3-23(11-27-12-23)15-29-21(25)19-6-8-20(9-7-19)22(26)30-16-24(13-28-14-24)10-17(2)18-4-5-18/h6-9,18H,2-5,10-16H2,1H3. The van der Waals surface area contributed by atoms with Gasteiger partial charge in [0.25, 0.3) is 0 Å². The maximum absolute atomic E-state index is 12.5. The summed E-state index contributed by atoms with van der Waals surface area (Å²) in [7, 11) is 0. The van der Waals surface area contributed by atoms with Crippen LogP contribution in [0.1, 0.15) is 53.3 Å². The molecule has 1 aromatic rings. The third kappa shape index (κ3) is 4.60. The fourth-order valence-corrected chi connectivity index (χ4v) is 3.87. The zero-order chi connectivity index (χ0) is 21.2. The number of hydrogen-bond acceptors (Lipinski definition) is 6. The number of benzene rings is 1. The van der Waals surface area contributed by atoms with Crippen molar-refractivity contribution in [3.8, 4) is 0 Å². The van der Waals surface area contributed by atoms with Gasteiger partial charge in [0, 0.05) is 0 Å². The van der Waals surface area contributed by atoms with Crippen LogP contribution in [-0.2, 0) is 18.9 Å². The van der Waals surface area contributed by atoms with E-state index in [9.17, 15) is 9.59 Å². The molecule has 2 saturated heterocycles. The van der Waals surface area contributed by atoms with Crippen LogP contribution >= 0.6 is 0 Å². The first-order valence-electron chi connectivity index (χ1n) is 10.7. The van der Waals surface area contributed by atoms with E-state index in [1.165, 1.54) is 18.4 Å². The lowest BCUT2D eigenvalue weighted by atomic mass is 9.79. The van der Waals surface area contributed by atoms with Crippen molar-refractivity contribution in [1.29, 1.82) is 0 Å². The fourth-order valence-electron chi connectivity index (χ4n) is 3.87. The lowest BCUT2D eigenvalue weighted by Gasteiger charge is -2.41. The zero-order valence-electron chi connectivity index (χ0n) is 17.6. The van der Waals surface area contributed by atoms with Crippen LogP contribution in [0.25, 0.3) is 0 Å². The highest BCUT2D eigenvalue weighted by Gasteiger charge is 2.42. The molecule has 1 aromatic carbocycles. The Hall–Kier alpha value is -2.18. The molecule has 0 bridgehead atoms. The topological polar surface area (TPSA) is 71.1 Å². The van der Waals surface area contributed by atoms with Gasteiger partial charge < -0.3 is 18.9 Å². The van der Waals surface area contributed by atoms with Gasteiger partial charge >= 0.3 is 11.9 Å². The molecule has 0 amide bonds. The minimum atomic E-state index is -0.394. The third-order valence-electron chi connectivity index (χ3n) is 6.51. The van der Waals surface area contributed by atoms with Gasteiger partial charge in [-0.3, -0.25) is 0 Å². The molecule has 6 heteroatoms. The van der Waals surface area contributed by atoms with Crippen LogP contribution in [0, 0.1) is 16.7 Å². The summed E-state index contributed by atoms with van der Waals surface area (Å²) >= 11 is 0. The Morgan fingerprint density at radius 3 is 1.77 bits per heavy atom. The molecule has 3 fully saturated rings. The van der Waals surface area contributed by atoms with Gasteiger partial charge in [0.2, 0.25) is 0 Å². The summed E-state index contributed by atoms with van der Waals surface area (Å²) in [5.74, 6) is -0.150. The molecule has 0 atom stereocenters. The molecule has 0 spiro atoms. The van der Waals surface area contributed by atoms with Gasteiger partial charge in [-0.25, -0.2) is 9.59 Å². The maximum Gasteiger partial charge on any atom is 0.338 e. The van der Waals surface area contributed by atoms with Gasteiger partial charge in [0.1, 0.15) is 13.2 Å². The van der Waals surface area contributed by atoms with E-state index in [0.29, 0.717) is 56.7 Å². The number of esters is 2. The number of carbonyl (C=O) groups excluding carboxylic acids is 2. The predicted molar refractivity (Wildman–Crippen MR) is 110 cm³/mol. The van der Waals surface area contributed by atoms with E-state index in [0.717, 1.165) is 12.8 Å². The van der Waals surface area contributed by atoms with Crippen LogP contribution in [0.3, 0.4) is 0 Å². The van der Waals surface area contributed by atoms with E-state index >= 15 is 0 Å². The van der Waals surface area contributed by atoms with Crippen LogP contribution in [0.2, 0.25) is 0 Å². The first-order chi connectivity index (χ1) is 14.4. The van der Waals surface area contributed by atoms with E-state index in [1.807, 2.05) is 0 Å². The SMILES string of the molecule is C=C(CC1(COC(=O)c2ccc(C(=O)OCC3(CC)COC3)cc2)COC1)C1CC1. The average Bonchev–Trinajstić information content (AvgIpc) is 3.54. The molecule has 2 heterocycles. The lowest BCUT2D eigenvalue weighted by Crippen LogP contribution is -2.47. The monoisotopic (exact) mass is 414 g/mol. The predicted octanol–water partition coefficient (Wildman–Crippen LogP) is 3.80. The molecule has 0 unspecified atom stereocenters. The Labute approximate surface area is 177 Å². The number of allylic oxidation sites excluding steroid dienone is 1. The molecule has 0 radical (unpaired) electrons. The summed E-state index contributed by atoms with van der Waals surface area (Å²) in [5, 5.41) is 0. The van der Waals surface area contributed by atoms with Gasteiger partial charge in [-0.1, -0.05) is 19.1 Å². The zero-order valence-corrected chi connectivity index (χ0v) is 17.6. The number of hydrogen-bond donors (Lipinski definition) is 0. The highest BCUT2D eigenvalue weighted by Crippen LogP contribution is 2.43. The van der Waals surface area contributed by atoms with E-state index in [2.05, 4.69) is 13.5 Å². The molecule has 3 aliphatic rings. The third-order valence-corrected chi connectivity index (χ3v) is 6.51. The highest BCUT2D eigenvalue weighted by atomic mass is 16.6. The molecular weight excluding hydrogens is 384 g/mol. The van der Waals surface area contributed by atoms with Crippen LogP contribution in [0.15, 0.2) is 36.4 Å². The number of carbonyl (C=O) groups is 2. The van der Waals surface area contributed by atoms with Gasteiger partial charge in [-0.15, -0.1) is 0 Å². The normalized spacial score (nSPS) is 21.1. The molecule has 4 rings (SSSR count). The lowest BCUT2D eigenvalue weighted by molar-refractivity contribution is -0.140. The minimum Gasteiger partial charge on any atom is -0.461 e. The van der Waals surface area contributed by atoms with Crippen LogP contribution in [0.4, 0.5) is 0 Å². The van der Waals surface area contributed by atoms with Gasteiger partial charge in [0.15, 0.2) is 0 Å². The molecule has 0 N–H and O–H groups in total. The second-order valence-electron chi connectivity index (χ2n) is 9.18. The van der Waals surface area contributed by atoms with Gasteiger partial charge in [-0.05, 0) is 55.9 Å². The van der Waals surface area contributed by atoms with Crippen LogP contribution < -0.4 is 0 Å². The Morgan fingerprint density at radius 1 is 0.933 bits per heavy atom. The first kappa shape index (κ1) is 21.1. The Morgan fingerprint density at radius 2 is 1.40 bits per heavy atom. The summed E-state index contributed by atoms with van der Waals surface area (Å²) in [6, 6.07) is 6.42. The summed E-state index contributed by atoms with van der Waals surface area (Å²) in [6.45, 7) is 9.38. The van der Waals surface area contributed by atoms with Gasteiger partial charge in [-0.2, -0.15) is 0 Å². The average molecular weight is 414 g/mol. The molecule has 2 aliphatic heterocycles. The largest absolute Gasteiger partial charge is 0.461 e. The minimum absolute atomic E-state index is 0.0502. The van der Waals surface area contributed by atoms with E-state index in [-0.39, 0.29) is 16.8 Å². The number of ether oxygens (including phenoxy) is 4. The van der Waals surface area contributed by atoms with Crippen molar-refractivity contribution in [1.82, 2.24) is 0 Å². The Balaban J connectivity index is 1.27. The molecule has 1 saturated carbocycles. The molecule has 30 heavy (non-hydrogen) atoms. The van der Waals surface area contributed by atoms with E-state index in [4.69, 9.17) is 18.9 Å². The van der Waals surface area contributed by atoms with Crippen molar-refractivity contribution in [3.05, 3.63) is 47.5 Å². The van der Waals surface area contributed by atoms with Crippen LogP contribution in [0.5, 0.6) is 0 Å². The van der Waals surface area contributed by atoms with Crippen molar-refractivity contribution in [2.75, 3.05) is 39.6 Å². The second-order valence-corrected chi connectivity index (χ2v) is 9.18. The van der Waals surface area contributed by atoms with Gasteiger partial charge in [0.05, 0.1) is 48.4 Å². The Kier molecular flexibility index (Phi) is 5.98. The molecule has 6 nitrogen and oxygen atoms in total. The van der Waals surface area contributed by atoms with E-state index in [1.54, 1.807) is 24.3 Å². The quantitative estimate of drug-likeness (QED) is 0.428. The number of rotatable bonds is 10.